The Morgan fingerprint density at radius 2 is 1.84 bits per heavy atom. The highest BCUT2D eigenvalue weighted by Gasteiger charge is 2.38. The fraction of sp³-hybridized carbons (Fsp3) is 0.357. The van der Waals surface area contributed by atoms with E-state index in [1.54, 1.807) is 0 Å². The lowest BCUT2D eigenvalue weighted by Crippen LogP contribution is -2.50. The van der Waals surface area contributed by atoms with Crippen molar-refractivity contribution in [3.63, 3.8) is 0 Å². The van der Waals surface area contributed by atoms with Gasteiger partial charge in [0.2, 0.25) is 0 Å². The van der Waals surface area contributed by atoms with E-state index in [9.17, 15) is 0 Å². The van der Waals surface area contributed by atoms with Crippen LogP contribution in [0.1, 0.15) is 25.5 Å². The van der Waals surface area contributed by atoms with Crippen LogP contribution in [0, 0.1) is 0 Å². The maximum absolute atomic E-state index is 5.63. The van der Waals surface area contributed by atoms with Crippen molar-refractivity contribution in [2.45, 2.75) is 32.5 Å². The summed E-state index contributed by atoms with van der Waals surface area (Å²) in [5, 5.41) is 7.04. The molecule has 4 nitrogen and oxygen atoms in total. The first kappa shape index (κ1) is 12.6. The van der Waals surface area contributed by atoms with Crippen molar-refractivity contribution in [3.8, 4) is 0 Å². The summed E-state index contributed by atoms with van der Waals surface area (Å²) in [5.41, 5.74) is 3.19. The summed E-state index contributed by atoms with van der Waals surface area (Å²) < 4.78 is 11.3. The summed E-state index contributed by atoms with van der Waals surface area (Å²) in [4.78, 5) is 0. The first-order valence-corrected chi connectivity index (χ1v) is 6.70. The van der Waals surface area contributed by atoms with Gasteiger partial charge in [0.15, 0.2) is 17.7 Å². The van der Waals surface area contributed by atoms with Crippen molar-refractivity contribution in [2.75, 3.05) is 0 Å². The Bertz CT molecular complexity index is 524. The van der Waals surface area contributed by atoms with Crippen molar-refractivity contribution >= 4 is 17.3 Å². The molecule has 3 rings (SSSR count). The van der Waals surface area contributed by atoms with E-state index in [2.05, 4.69) is 22.8 Å². The largest absolute Gasteiger partial charge is 0.352 e. The quantitative estimate of drug-likeness (QED) is 0.811. The minimum atomic E-state index is -0.302. The van der Waals surface area contributed by atoms with Gasteiger partial charge in [-0.15, -0.1) is 0 Å². The van der Waals surface area contributed by atoms with Gasteiger partial charge in [-0.3, -0.25) is 0 Å². The predicted molar refractivity (Wildman–Crippen MR) is 76.2 cm³/mol. The molecule has 5 heteroatoms. The third kappa shape index (κ3) is 2.36. The van der Waals surface area contributed by atoms with Crippen molar-refractivity contribution < 1.29 is 9.47 Å². The molecule has 1 aromatic carbocycles. The van der Waals surface area contributed by atoms with Crippen LogP contribution in [0.2, 0.25) is 0 Å². The molecule has 0 aromatic heterocycles. The van der Waals surface area contributed by atoms with Crippen LogP contribution >= 0.6 is 12.2 Å². The number of hydrogen-bond donors (Lipinski definition) is 2. The van der Waals surface area contributed by atoms with E-state index >= 15 is 0 Å². The van der Waals surface area contributed by atoms with Gasteiger partial charge in [-0.1, -0.05) is 30.3 Å². The summed E-state index contributed by atoms with van der Waals surface area (Å²) in [7, 11) is 0. The normalized spacial score (nSPS) is 30.4. The Morgan fingerprint density at radius 1 is 1.16 bits per heavy atom. The Balaban J connectivity index is 1.95. The van der Waals surface area contributed by atoms with E-state index in [1.807, 2.05) is 32.0 Å². The van der Waals surface area contributed by atoms with Crippen molar-refractivity contribution in [1.29, 1.82) is 0 Å². The molecule has 1 saturated heterocycles. The summed E-state index contributed by atoms with van der Waals surface area (Å²) in [6.07, 6.45) is -0.445. The minimum Gasteiger partial charge on any atom is -0.352 e. The topological polar surface area (TPSA) is 42.5 Å². The number of allylic oxidation sites excluding steroid dienone is 1. The first-order chi connectivity index (χ1) is 9.15. The smallest absolute Gasteiger partial charge is 0.190 e. The van der Waals surface area contributed by atoms with Gasteiger partial charge in [-0.2, -0.15) is 0 Å². The Hall–Kier alpha value is -1.43. The van der Waals surface area contributed by atoms with Gasteiger partial charge in [0.1, 0.15) is 0 Å². The highest BCUT2D eigenvalue weighted by Crippen LogP contribution is 2.35. The molecule has 0 aliphatic carbocycles. The van der Waals surface area contributed by atoms with Crippen LogP contribution < -0.4 is 10.6 Å². The number of ether oxygens (including phenoxy) is 2. The zero-order valence-corrected chi connectivity index (χ0v) is 11.7. The maximum Gasteiger partial charge on any atom is 0.190 e. The second-order valence-corrected chi connectivity index (χ2v) is 5.10. The van der Waals surface area contributed by atoms with Crippen LogP contribution in [-0.2, 0) is 9.47 Å². The monoisotopic (exact) mass is 276 g/mol. The van der Waals surface area contributed by atoms with Crippen LogP contribution in [0.15, 0.2) is 41.6 Å². The van der Waals surface area contributed by atoms with Crippen LogP contribution in [0.4, 0.5) is 0 Å². The van der Waals surface area contributed by atoms with Crippen molar-refractivity contribution in [2.24, 2.45) is 0 Å². The number of rotatable bonds is 2. The second kappa shape index (κ2) is 4.92. The van der Waals surface area contributed by atoms with E-state index in [4.69, 9.17) is 21.7 Å². The number of hydrogen-bond acceptors (Lipinski definition) is 3. The molecule has 100 valence electrons. The van der Waals surface area contributed by atoms with Crippen molar-refractivity contribution in [3.05, 3.63) is 47.2 Å². The van der Waals surface area contributed by atoms with Gasteiger partial charge in [0.25, 0.3) is 0 Å². The Morgan fingerprint density at radius 3 is 2.47 bits per heavy atom. The molecule has 2 N–H and O–H groups in total. The van der Waals surface area contributed by atoms with Gasteiger partial charge in [0, 0.05) is 11.3 Å². The lowest BCUT2D eigenvalue weighted by Gasteiger charge is -2.41. The Kier molecular flexibility index (Phi) is 3.26. The van der Waals surface area contributed by atoms with Crippen LogP contribution in [0.3, 0.4) is 0 Å². The molecule has 1 aromatic rings. The molecule has 1 atom stereocenters. The van der Waals surface area contributed by atoms with Gasteiger partial charge in [0.05, 0.1) is 6.04 Å². The fourth-order valence-electron chi connectivity index (χ4n) is 2.43. The second-order valence-electron chi connectivity index (χ2n) is 4.69. The standard InChI is InChI=1S/C14H16N2O2S/c1-8-11(13-17-9(2)18-13)12(16-14(19)15-8)10-6-4-3-5-7-10/h3-7,9,12-13H,1-2H3,(H2,15,16,19). The molecule has 1 unspecified atom stereocenters. The molecule has 19 heavy (non-hydrogen) atoms. The number of benzene rings is 1. The number of nitrogens with one attached hydrogen (secondary N) is 2. The van der Waals surface area contributed by atoms with Crippen molar-refractivity contribution in [1.82, 2.24) is 10.6 Å². The average molecular weight is 276 g/mol. The van der Waals surface area contributed by atoms with Crippen LogP contribution in [0.25, 0.3) is 0 Å². The molecule has 2 aliphatic rings. The molecule has 0 saturated carbocycles. The highest BCUT2D eigenvalue weighted by atomic mass is 32.1. The lowest BCUT2D eigenvalue weighted by molar-refractivity contribution is -0.360. The summed E-state index contributed by atoms with van der Waals surface area (Å²) in [6.45, 7) is 3.88. The summed E-state index contributed by atoms with van der Waals surface area (Å²) in [5.74, 6) is 0. The Labute approximate surface area is 117 Å². The zero-order chi connectivity index (χ0) is 13.4. The van der Waals surface area contributed by atoms with E-state index in [-0.39, 0.29) is 18.6 Å². The molecule has 1 fully saturated rings. The molecule has 2 heterocycles. The minimum absolute atomic E-state index is 0.00699. The molecule has 0 radical (unpaired) electrons. The first-order valence-electron chi connectivity index (χ1n) is 6.29. The summed E-state index contributed by atoms with van der Waals surface area (Å²) in [6, 6.07) is 10.2. The van der Waals surface area contributed by atoms with E-state index < -0.39 is 0 Å². The highest BCUT2D eigenvalue weighted by molar-refractivity contribution is 7.80. The molecular formula is C14H16N2O2S. The molecule has 2 aliphatic heterocycles. The third-order valence-electron chi connectivity index (χ3n) is 3.34. The average Bonchev–Trinajstić information content (AvgIpc) is 2.36. The van der Waals surface area contributed by atoms with Gasteiger partial charge in [-0.25, -0.2) is 0 Å². The van der Waals surface area contributed by atoms with E-state index in [0.29, 0.717) is 5.11 Å². The maximum atomic E-state index is 5.63. The predicted octanol–water partition coefficient (Wildman–Crippen LogP) is 2.20. The molecule has 0 spiro atoms. The zero-order valence-electron chi connectivity index (χ0n) is 10.8. The van der Waals surface area contributed by atoms with Gasteiger partial charge >= 0.3 is 0 Å². The number of thiocarbonyl (C=S) groups is 1. The van der Waals surface area contributed by atoms with Crippen LogP contribution in [0.5, 0.6) is 0 Å². The molecule has 0 bridgehead atoms. The van der Waals surface area contributed by atoms with Gasteiger partial charge < -0.3 is 20.1 Å². The van der Waals surface area contributed by atoms with E-state index in [1.165, 1.54) is 0 Å². The molecule has 0 amide bonds. The lowest BCUT2D eigenvalue weighted by atomic mass is 9.95. The fourth-order valence-corrected chi connectivity index (χ4v) is 2.70. The SMILES string of the molecule is CC1=C(C2OC(C)O2)C(c2ccccc2)NC(=S)N1. The molecular weight excluding hydrogens is 260 g/mol. The third-order valence-corrected chi connectivity index (χ3v) is 3.56. The van der Waals surface area contributed by atoms with Crippen LogP contribution in [-0.4, -0.2) is 17.7 Å². The van der Waals surface area contributed by atoms with Gasteiger partial charge in [-0.05, 0) is 31.6 Å². The van der Waals surface area contributed by atoms with E-state index in [0.717, 1.165) is 16.8 Å². The summed E-state index contributed by atoms with van der Waals surface area (Å²) >= 11 is 5.24.